The van der Waals surface area contributed by atoms with Crippen molar-refractivity contribution in [3.63, 3.8) is 0 Å². The van der Waals surface area contributed by atoms with Crippen LogP contribution in [0, 0.1) is 12.7 Å². The lowest BCUT2D eigenvalue weighted by Crippen LogP contribution is -2.12. The number of aryl methyl sites for hydroxylation is 1. The highest BCUT2D eigenvalue weighted by Gasteiger charge is 2.18. The van der Waals surface area contributed by atoms with E-state index < -0.39 is 11.8 Å². The second-order valence-electron chi connectivity index (χ2n) is 5.95. The molecule has 1 aliphatic rings. The quantitative estimate of drug-likeness (QED) is 0.924. The van der Waals surface area contributed by atoms with Crippen LogP contribution >= 0.6 is 0 Å². The van der Waals surface area contributed by atoms with Crippen molar-refractivity contribution in [2.45, 2.75) is 45.1 Å². The summed E-state index contributed by atoms with van der Waals surface area (Å²) in [5.74, 6) is -1.95. The van der Waals surface area contributed by atoms with Crippen LogP contribution in [0.3, 0.4) is 0 Å². The predicted molar refractivity (Wildman–Crippen MR) is 81.4 cm³/mol. The second-order valence-corrected chi connectivity index (χ2v) is 5.95. The lowest BCUT2D eigenvalue weighted by molar-refractivity contribution is 0.0692. The Kier molecular flexibility index (Phi) is 3.96. The molecule has 4 nitrogen and oxygen atoms in total. The molecule has 0 saturated heterocycles. The fourth-order valence-corrected chi connectivity index (χ4v) is 3.17. The summed E-state index contributed by atoms with van der Waals surface area (Å²) in [6.45, 7) is 1.78. The number of rotatable bonds is 3. The van der Waals surface area contributed by atoms with Crippen LogP contribution in [-0.2, 0) is 0 Å². The molecule has 1 aliphatic carbocycles. The van der Waals surface area contributed by atoms with Gasteiger partial charge >= 0.3 is 5.97 Å². The van der Waals surface area contributed by atoms with Gasteiger partial charge in [-0.3, -0.25) is 4.68 Å². The van der Waals surface area contributed by atoms with Crippen LogP contribution in [0.4, 0.5) is 4.39 Å². The number of benzene rings is 1. The van der Waals surface area contributed by atoms with E-state index >= 15 is 0 Å². The minimum Gasteiger partial charge on any atom is -0.478 e. The van der Waals surface area contributed by atoms with Gasteiger partial charge in [0.2, 0.25) is 0 Å². The zero-order valence-corrected chi connectivity index (χ0v) is 12.6. The number of hydrogen-bond acceptors (Lipinski definition) is 2. The van der Waals surface area contributed by atoms with Crippen molar-refractivity contribution in [2.24, 2.45) is 0 Å². The van der Waals surface area contributed by atoms with E-state index in [4.69, 9.17) is 5.11 Å². The summed E-state index contributed by atoms with van der Waals surface area (Å²) in [6.07, 6.45) is 9.66. The van der Waals surface area contributed by atoms with Crippen LogP contribution in [0.25, 0.3) is 11.1 Å². The third-order valence-corrected chi connectivity index (χ3v) is 4.41. The molecule has 1 fully saturated rings. The molecule has 2 aromatic rings. The summed E-state index contributed by atoms with van der Waals surface area (Å²) in [6, 6.07) is 3.09. The smallest absolute Gasteiger partial charge is 0.338 e. The molecule has 0 spiro atoms. The highest BCUT2D eigenvalue weighted by Crippen LogP contribution is 2.31. The topological polar surface area (TPSA) is 55.1 Å². The molecule has 0 aliphatic heterocycles. The van der Waals surface area contributed by atoms with Crippen molar-refractivity contribution in [3.8, 4) is 11.1 Å². The van der Waals surface area contributed by atoms with Gasteiger partial charge in [-0.25, -0.2) is 9.18 Å². The second kappa shape index (κ2) is 5.91. The molecule has 1 aromatic carbocycles. The maximum atomic E-state index is 13.7. The van der Waals surface area contributed by atoms with Crippen LogP contribution in [0.5, 0.6) is 0 Å². The fourth-order valence-electron chi connectivity index (χ4n) is 3.17. The Bertz CT molecular complexity index is 703. The van der Waals surface area contributed by atoms with Crippen molar-refractivity contribution >= 4 is 5.97 Å². The molecule has 1 heterocycles. The van der Waals surface area contributed by atoms with Gasteiger partial charge in [-0.2, -0.15) is 5.10 Å². The third kappa shape index (κ3) is 2.75. The highest BCUT2D eigenvalue weighted by molar-refractivity contribution is 5.90. The van der Waals surface area contributed by atoms with E-state index in [9.17, 15) is 9.18 Å². The molecular weight excluding hydrogens is 283 g/mol. The van der Waals surface area contributed by atoms with Crippen molar-refractivity contribution in [1.82, 2.24) is 9.78 Å². The maximum absolute atomic E-state index is 13.7. The van der Waals surface area contributed by atoms with Gasteiger partial charge in [-0.05, 0) is 43.0 Å². The summed E-state index contributed by atoms with van der Waals surface area (Å²) in [5, 5.41) is 13.5. The summed E-state index contributed by atoms with van der Waals surface area (Å²) >= 11 is 0. The minimum absolute atomic E-state index is 0.300. The van der Waals surface area contributed by atoms with Gasteiger partial charge in [0, 0.05) is 11.8 Å². The van der Waals surface area contributed by atoms with Gasteiger partial charge < -0.3 is 5.11 Å². The Morgan fingerprint density at radius 3 is 2.73 bits per heavy atom. The number of carboxylic acids is 1. The average molecular weight is 302 g/mol. The van der Waals surface area contributed by atoms with Gasteiger partial charge in [-0.15, -0.1) is 0 Å². The molecule has 0 amide bonds. The SMILES string of the molecule is Cc1cc(F)c(C(=O)O)cc1-c1cnn(C2CCCCC2)c1. The van der Waals surface area contributed by atoms with Crippen molar-refractivity contribution in [3.05, 3.63) is 41.5 Å². The first-order valence-electron chi connectivity index (χ1n) is 7.64. The molecule has 0 bridgehead atoms. The van der Waals surface area contributed by atoms with Crippen molar-refractivity contribution in [1.29, 1.82) is 0 Å². The van der Waals surface area contributed by atoms with Gasteiger partial charge in [0.25, 0.3) is 0 Å². The molecular formula is C17H19FN2O2. The van der Waals surface area contributed by atoms with Crippen molar-refractivity contribution < 1.29 is 14.3 Å². The van der Waals surface area contributed by atoms with E-state index in [1.165, 1.54) is 31.4 Å². The normalized spacial score (nSPS) is 15.9. The number of aromatic carboxylic acids is 1. The summed E-state index contributed by atoms with van der Waals surface area (Å²) < 4.78 is 15.7. The molecule has 0 atom stereocenters. The lowest BCUT2D eigenvalue weighted by atomic mass is 9.95. The Morgan fingerprint density at radius 2 is 2.05 bits per heavy atom. The van der Waals surface area contributed by atoms with E-state index in [0.29, 0.717) is 11.6 Å². The molecule has 116 valence electrons. The first-order chi connectivity index (χ1) is 10.6. The Labute approximate surface area is 128 Å². The van der Waals surface area contributed by atoms with Gasteiger partial charge in [0.1, 0.15) is 5.82 Å². The van der Waals surface area contributed by atoms with Crippen LogP contribution in [-0.4, -0.2) is 20.9 Å². The molecule has 5 heteroatoms. The van der Waals surface area contributed by atoms with E-state index in [-0.39, 0.29) is 5.56 Å². The zero-order chi connectivity index (χ0) is 15.7. The minimum atomic E-state index is -1.25. The molecule has 1 N–H and O–H groups in total. The number of halogens is 1. The summed E-state index contributed by atoms with van der Waals surface area (Å²) in [4.78, 5) is 11.1. The fraction of sp³-hybridized carbons (Fsp3) is 0.412. The van der Waals surface area contributed by atoms with Gasteiger partial charge in [0.05, 0.1) is 17.8 Å². The van der Waals surface area contributed by atoms with Crippen LogP contribution in [0.1, 0.15) is 54.1 Å². The van der Waals surface area contributed by atoms with Gasteiger partial charge in [-0.1, -0.05) is 19.3 Å². The molecule has 1 aromatic heterocycles. The molecule has 22 heavy (non-hydrogen) atoms. The highest BCUT2D eigenvalue weighted by atomic mass is 19.1. The average Bonchev–Trinajstić information content (AvgIpc) is 2.97. The molecule has 1 saturated carbocycles. The number of carbonyl (C=O) groups is 1. The van der Waals surface area contributed by atoms with Crippen LogP contribution in [0.2, 0.25) is 0 Å². The summed E-state index contributed by atoms with van der Waals surface area (Å²) in [5.41, 5.74) is 1.98. The third-order valence-electron chi connectivity index (χ3n) is 4.41. The number of aromatic nitrogens is 2. The molecule has 0 unspecified atom stereocenters. The molecule has 0 radical (unpaired) electrons. The lowest BCUT2D eigenvalue weighted by Gasteiger charge is -2.21. The maximum Gasteiger partial charge on any atom is 0.338 e. The Morgan fingerprint density at radius 1 is 1.32 bits per heavy atom. The number of hydrogen-bond donors (Lipinski definition) is 1. The largest absolute Gasteiger partial charge is 0.478 e. The van der Waals surface area contributed by atoms with Crippen molar-refractivity contribution in [2.75, 3.05) is 0 Å². The van der Waals surface area contributed by atoms with Crippen LogP contribution in [0.15, 0.2) is 24.5 Å². The Hall–Kier alpha value is -2.17. The Balaban J connectivity index is 1.96. The molecule has 3 rings (SSSR count). The van der Waals surface area contributed by atoms with E-state index in [2.05, 4.69) is 5.10 Å². The first kappa shape index (κ1) is 14.8. The van der Waals surface area contributed by atoms with Crippen LogP contribution < -0.4 is 0 Å². The zero-order valence-electron chi connectivity index (χ0n) is 12.6. The van der Waals surface area contributed by atoms with E-state index in [1.807, 2.05) is 10.9 Å². The number of nitrogens with zero attached hydrogens (tertiary/aromatic N) is 2. The standard InChI is InChI=1S/C17H19FN2O2/c1-11-7-16(18)15(17(21)22)8-14(11)12-9-19-20(10-12)13-5-3-2-4-6-13/h7-10,13H,2-6H2,1H3,(H,21,22). The predicted octanol–water partition coefficient (Wildman–Crippen LogP) is 4.20. The summed E-state index contributed by atoms with van der Waals surface area (Å²) in [7, 11) is 0. The monoisotopic (exact) mass is 302 g/mol. The van der Waals surface area contributed by atoms with Gasteiger partial charge in [0.15, 0.2) is 0 Å². The van der Waals surface area contributed by atoms with E-state index in [0.717, 1.165) is 24.0 Å². The number of carboxylic acid groups (broad SMARTS) is 1. The van der Waals surface area contributed by atoms with E-state index in [1.54, 1.807) is 13.1 Å². The first-order valence-corrected chi connectivity index (χ1v) is 7.64.